The van der Waals surface area contributed by atoms with Crippen LogP contribution < -0.4 is 9.80 Å². The highest BCUT2D eigenvalue weighted by Gasteiger charge is 2.38. The predicted molar refractivity (Wildman–Crippen MR) is 68.8 cm³/mol. The second-order valence-corrected chi connectivity index (χ2v) is 4.89. The number of nitrogens with zero attached hydrogens (tertiary/aromatic N) is 2. The van der Waals surface area contributed by atoms with Crippen molar-refractivity contribution in [3.8, 4) is 0 Å². The van der Waals surface area contributed by atoms with E-state index < -0.39 is 24.0 Å². The zero-order valence-electron chi connectivity index (χ0n) is 11.0. The maximum absolute atomic E-state index is 14.1. The molecule has 0 aromatic heterocycles. The van der Waals surface area contributed by atoms with E-state index in [1.54, 1.807) is 0 Å². The lowest BCUT2D eigenvalue weighted by atomic mass is 10.1. The van der Waals surface area contributed by atoms with Crippen molar-refractivity contribution in [2.24, 2.45) is 0 Å². The number of carboxylic acids is 1. The number of aliphatic carboxylic acids is 1. The first-order valence-corrected chi connectivity index (χ1v) is 6.18. The molecule has 2 amide bonds. The number of carbonyl (C=O) groups is 3. The van der Waals surface area contributed by atoms with Crippen LogP contribution in [-0.2, 0) is 20.7 Å². The Kier molecular flexibility index (Phi) is 2.82. The Hall–Kier alpha value is -2.64. The van der Waals surface area contributed by atoms with Gasteiger partial charge in [-0.3, -0.25) is 9.69 Å². The van der Waals surface area contributed by atoms with Crippen LogP contribution in [0.5, 0.6) is 0 Å². The monoisotopic (exact) mass is 294 g/mol. The summed E-state index contributed by atoms with van der Waals surface area (Å²) in [5.41, 5.74) is 0.832. The van der Waals surface area contributed by atoms with Gasteiger partial charge < -0.3 is 14.7 Å². The highest BCUT2D eigenvalue weighted by atomic mass is 19.1. The SMILES string of the molecule is CN1C(=O)Cc2cc(N3C[C@H](C(=O)O)OC3=O)cc(F)c21. The maximum Gasteiger partial charge on any atom is 0.415 e. The van der Waals surface area contributed by atoms with Crippen molar-refractivity contribution < 1.29 is 28.6 Å². The van der Waals surface area contributed by atoms with E-state index in [-0.39, 0.29) is 30.2 Å². The van der Waals surface area contributed by atoms with E-state index in [4.69, 9.17) is 5.11 Å². The fraction of sp³-hybridized carbons (Fsp3) is 0.308. The van der Waals surface area contributed by atoms with Crippen molar-refractivity contribution in [2.75, 3.05) is 23.4 Å². The smallest absolute Gasteiger partial charge is 0.415 e. The summed E-state index contributed by atoms with van der Waals surface area (Å²) >= 11 is 0. The van der Waals surface area contributed by atoms with Crippen molar-refractivity contribution in [3.05, 3.63) is 23.5 Å². The summed E-state index contributed by atoms with van der Waals surface area (Å²) in [4.78, 5) is 36.4. The van der Waals surface area contributed by atoms with Crippen LogP contribution in [0.25, 0.3) is 0 Å². The van der Waals surface area contributed by atoms with Crippen LogP contribution in [0.4, 0.5) is 20.6 Å². The highest BCUT2D eigenvalue weighted by molar-refractivity contribution is 6.02. The third-order valence-corrected chi connectivity index (χ3v) is 3.58. The molecule has 1 atom stereocenters. The summed E-state index contributed by atoms with van der Waals surface area (Å²) in [5, 5.41) is 8.85. The number of cyclic esters (lactones) is 1. The van der Waals surface area contributed by atoms with Crippen LogP contribution in [0.2, 0.25) is 0 Å². The van der Waals surface area contributed by atoms with E-state index in [2.05, 4.69) is 4.74 Å². The molecule has 1 saturated heterocycles. The van der Waals surface area contributed by atoms with Crippen LogP contribution in [0.15, 0.2) is 12.1 Å². The summed E-state index contributed by atoms with van der Waals surface area (Å²) in [6.07, 6.45) is -2.08. The minimum Gasteiger partial charge on any atom is -0.478 e. The lowest BCUT2D eigenvalue weighted by Crippen LogP contribution is -2.27. The molecule has 1 aromatic carbocycles. The van der Waals surface area contributed by atoms with Gasteiger partial charge >= 0.3 is 12.1 Å². The molecule has 2 heterocycles. The first kappa shape index (κ1) is 13.3. The number of benzene rings is 1. The molecule has 2 aliphatic heterocycles. The van der Waals surface area contributed by atoms with Crippen LogP contribution >= 0.6 is 0 Å². The first-order valence-electron chi connectivity index (χ1n) is 6.18. The van der Waals surface area contributed by atoms with E-state index in [0.29, 0.717) is 5.56 Å². The van der Waals surface area contributed by atoms with Crippen molar-refractivity contribution in [3.63, 3.8) is 0 Å². The average molecular weight is 294 g/mol. The van der Waals surface area contributed by atoms with Crippen LogP contribution in [0.1, 0.15) is 5.56 Å². The molecular formula is C13H11FN2O5. The highest BCUT2D eigenvalue weighted by Crippen LogP contribution is 2.35. The molecule has 1 fully saturated rings. The van der Waals surface area contributed by atoms with E-state index in [1.807, 2.05) is 0 Å². The lowest BCUT2D eigenvalue weighted by molar-refractivity contribution is -0.144. The molecule has 0 aliphatic carbocycles. The number of hydrogen-bond acceptors (Lipinski definition) is 4. The van der Waals surface area contributed by atoms with E-state index >= 15 is 0 Å². The number of fused-ring (bicyclic) bond motifs is 1. The number of hydrogen-bond donors (Lipinski definition) is 1. The van der Waals surface area contributed by atoms with Gasteiger partial charge in [-0.15, -0.1) is 0 Å². The average Bonchev–Trinajstić information content (AvgIpc) is 2.91. The number of rotatable bonds is 2. The van der Waals surface area contributed by atoms with E-state index in [9.17, 15) is 18.8 Å². The molecule has 0 radical (unpaired) electrons. The molecule has 1 N–H and O–H groups in total. The fourth-order valence-electron chi connectivity index (χ4n) is 2.51. The van der Waals surface area contributed by atoms with Crippen LogP contribution in [-0.4, -0.2) is 42.8 Å². The third kappa shape index (κ3) is 1.99. The fourth-order valence-corrected chi connectivity index (χ4v) is 2.51. The molecule has 3 rings (SSSR count). The Morgan fingerprint density at radius 3 is 2.76 bits per heavy atom. The Labute approximate surface area is 118 Å². The molecule has 0 spiro atoms. The molecule has 2 aliphatic rings. The molecule has 21 heavy (non-hydrogen) atoms. The number of anilines is 2. The molecule has 0 saturated carbocycles. The van der Waals surface area contributed by atoms with Gasteiger partial charge in [-0.05, 0) is 17.7 Å². The third-order valence-electron chi connectivity index (χ3n) is 3.58. The van der Waals surface area contributed by atoms with E-state index in [1.165, 1.54) is 18.0 Å². The van der Waals surface area contributed by atoms with Gasteiger partial charge in [-0.25, -0.2) is 14.0 Å². The Morgan fingerprint density at radius 1 is 1.43 bits per heavy atom. The van der Waals surface area contributed by atoms with Crippen molar-refractivity contribution in [1.29, 1.82) is 0 Å². The maximum atomic E-state index is 14.1. The van der Waals surface area contributed by atoms with Gasteiger partial charge in [0.05, 0.1) is 24.3 Å². The lowest BCUT2D eigenvalue weighted by Gasteiger charge is -2.16. The van der Waals surface area contributed by atoms with E-state index in [0.717, 1.165) is 11.0 Å². The molecule has 0 unspecified atom stereocenters. The molecule has 8 heteroatoms. The van der Waals surface area contributed by atoms with Gasteiger partial charge in [0.2, 0.25) is 12.0 Å². The van der Waals surface area contributed by atoms with Gasteiger partial charge in [0.1, 0.15) is 5.82 Å². The molecule has 110 valence electrons. The molecular weight excluding hydrogens is 283 g/mol. The zero-order chi connectivity index (χ0) is 15.3. The topological polar surface area (TPSA) is 87.2 Å². The van der Waals surface area contributed by atoms with Crippen molar-refractivity contribution in [2.45, 2.75) is 12.5 Å². The summed E-state index contributed by atoms with van der Waals surface area (Å²) < 4.78 is 18.8. The standard InChI is InChI=1S/C13H11FN2O5/c1-15-10(17)3-6-2-7(4-8(14)11(6)15)16-5-9(12(18)19)21-13(16)20/h2,4,9H,3,5H2,1H3,(H,18,19)/t9-/m1/s1. The number of carboxylic acid groups (broad SMARTS) is 1. The van der Waals surface area contributed by atoms with Gasteiger partial charge in [0.25, 0.3) is 0 Å². The minimum absolute atomic E-state index is 0.0435. The van der Waals surface area contributed by atoms with Crippen molar-refractivity contribution in [1.82, 2.24) is 0 Å². The quantitative estimate of drug-likeness (QED) is 0.870. The largest absolute Gasteiger partial charge is 0.478 e. The summed E-state index contributed by atoms with van der Waals surface area (Å²) in [5.74, 6) is -2.14. The van der Waals surface area contributed by atoms with Gasteiger partial charge in [0, 0.05) is 7.05 Å². The first-order chi connectivity index (χ1) is 9.88. The molecule has 7 nitrogen and oxygen atoms in total. The number of ether oxygens (including phenoxy) is 1. The summed E-state index contributed by atoms with van der Waals surface area (Å²) in [7, 11) is 1.47. The Balaban J connectivity index is 1.97. The Morgan fingerprint density at radius 2 is 2.14 bits per heavy atom. The molecule has 0 bridgehead atoms. The second kappa shape index (κ2) is 4.44. The minimum atomic E-state index is -1.28. The number of halogens is 1. The number of amides is 2. The normalized spacial score (nSPS) is 20.8. The summed E-state index contributed by atoms with van der Waals surface area (Å²) in [6, 6.07) is 2.60. The van der Waals surface area contributed by atoms with Gasteiger partial charge in [0.15, 0.2) is 0 Å². The van der Waals surface area contributed by atoms with Gasteiger partial charge in [-0.1, -0.05) is 0 Å². The summed E-state index contributed by atoms with van der Waals surface area (Å²) in [6.45, 7) is -0.198. The number of carbonyl (C=O) groups excluding carboxylic acids is 2. The second-order valence-electron chi connectivity index (χ2n) is 4.89. The zero-order valence-corrected chi connectivity index (χ0v) is 11.0. The number of likely N-dealkylation sites (N-methyl/N-ethyl adjacent to an activating group) is 1. The van der Waals surface area contributed by atoms with Crippen LogP contribution in [0, 0.1) is 5.82 Å². The molecule has 1 aromatic rings. The Bertz CT molecular complexity index is 675. The van der Waals surface area contributed by atoms with Crippen molar-refractivity contribution >= 4 is 29.3 Å². The van der Waals surface area contributed by atoms with Gasteiger partial charge in [-0.2, -0.15) is 0 Å². The van der Waals surface area contributed by atoms with Crippen LogP contribution in [0.3, 0.4) is 0 Å². The predicted octanol–water partition coefficient (Wildman–Crippen LogP) is 0.754.